The average Bonchev–Trinajstić information content (AvgIpc) is 2.21. The lowest BCUT2D eigenvalue weighted by molar-refractivity contribution is -0.139. The van der Waals surface area contributed by atoms with Crippen LogP contribution in [0.1, 0.15) is 71.1 Å². The molecule has 16 heavy (non-hydrogen) atoms. The van der Waals surface area contributed by atoms with Gasteiger partial charge in [0, 0.05) is 0 Å². The number of aliphatic hydroxyl groups is 1. The number of aliphatic hydroxyl groups excluding tert-OH is 1. The zero-order chi connectivity index (χ0) is 12.2. The van der Waals surface area contributed by atoms with Gasteiger partial charge >= 0.3 is 5.97 Å². The second-order valence-electron chi connectivity index (χ2n) is 4.52. The molecule has 0 aromatic carbocycles. The number of rotatable bonds is 11. The summed E-state index contributed by atoms with van der Waals surface area (Å²) in [7, 11) is 0. The van der Waals surface area contributed by atoms with Gasteiger partial charge in [-0.05, 0) is 6.42 Å². The van der Waals surface area contributed by atoms with E-state index >= 15 is 0 Å². The van der Waals surface area contributed by atoms with E-state index < -0.39 is 12.1 Å². The van der Waals surface area contributed by atoms with Crippen LogP contribution in [0, 0.1) is 0 Å². The van der Waals surface area contributed by atoms with Gasteiger partial charge < -0.3 is 10.2 Å². The summed E-state index contributed by atoms with van der Waals surface area (Å²) in [6.07, 6.45) is 9.65. The highest BCUT2D eigenvalue weighted by molar-refractivity contribution is 5.67. The summed E-state index contributed by atoms with van der Waals surface area (Å²) in [5.74, 6) is -0.910. The fraction of sp³-hybridized carbons (Fsp3) is 0.923. The predicted molar refractivity (Wildman–Crippen MR) is 65.5 cm³/mol. The minimum atomic E-state index is -0.910. The average molecular weight is 230 g/mol. The minimum absolute atomic E-state index is 0.115. The molecule has 0 saturated carbocycles. The van der Waals surface area contributed by atoms with Gasteiger partial charge in [0.1, 0.15) is 0 Å². The third-order valence-electron chi connectivity index (χ3n) is 2.80. The molecule has 0 unspecified atom stereocenters. The Balaban J connectivity index is 3.11. The highest BCUT2D eigenvalue weighted by Crippen LogP contribution is 2.11. The van der Waals surface area contributed by atoms with Gasteiger partial charge in [0.25, 0.3) is 0 Å². The van der Waals surface area contributed by atoms with Crippen molar-refractivity contribution in [2.45, 2.75) is 77.2 Å². The second kappa shape index (κ2) is 10.9. The molecule has 0 amide bonds. The van der Waals surface area contributed by atoms with Crippen LogP contribution in [0.15, 0.2) is 0 Å². The highest BCUT2D eigenvalue weighted by atomic mass is 16.4. The standard InChI is InChI=1S/C13H26O3/c1-2-3-4-5-6-7-8-9-10-12(14)11-13(15)16/h12,14H,2-11H2,1H3,(H,15,16)/t12-/m0/s1. The molecule has 0 spiro atoms. The Morgan fingerprint density at radius 3 is 2.00 bits per heavy atom. The lowest BCUT2D eigenvalue weighted by Crippen LogP contribution is -2.12. The molecular weight excluding hydrogens is 204 g/mol. The molecular formula is C13H26O3. The van der Waals surface area contributed by atoms with E-state index in [9.17, 15) is 9.90 Å². The van der Waals surface area contributed by atoms with Crippen molar-refractivity contribution >= 4 is 5.97 Å². The number of aliphatic carboxylic acids is 1. The predicted octanol–water partition coefficient (Wildman–Crippen LogP) is 3.35. The first-order valence-corrected chi connectivity index (χ1v) is 6.56. The Morgan fingerprint density at radius 1 is 1.00 bits per heavy atom. The lowest BCUT2D eigenvalue weighted by Gasteiger charge is -2.07. The van der Waals surface area contributed by atoms with E-state index in [4.69, 9.17) is 5.11 Å². The molecule has 0 rings (SSSR count). The summed E-state index contributed by atoms with van der Waals surface area (Å²) in [5, 5.41) is 17.8. The molecule has 96 valence electrons. The molecule has 0 heterocycles. The van der Waals surface area contributed by atoms with E-state index in [1.54, 1.807) is 0 Å². The van der Waals surface area contributed by atoms with Crippen molar-refractivity contribution in [1.29, 1.82) is 0 Å². The van der Waals surface area contributed by atoms with Crippen LogP contribution in [0.25, 0.3) is 0 Å². The van der Waals surface area contributed by atoms with Gasteiger partial charge in [-0.25, -0.2) is 0 Å². The maximum atomic E-state index is 10.3. The second-order valence-corrected chi connectivity index (χ2v) is 4.52. The Labute approximate surface area is 98.9 Å². The maximum Gasteiger partial charge on any atom is 0.305 e. The van der Waals surface area contributed by atoms with E-state index in [1.165, 1.54) is 38.5 Å². The van der Waals surface area contributed by atoms with Crippen LogP contribution in [0.5, 0.6) is 0 Å². The quantitative estimate of drug-likeness (QED) is 0.535. The van der Waals surface area contributed by atoms with Crippen molar-refractivity contribution in [3.05, 3.63) is 0 Å². The van der Waals surface area contributed by atoms with Gasteiger partial charge in [-0.3, -0.25) is 4.79 Å². The van der Waals surface area contributed by atoms with Crippen LogP contribution in [0.2, 0.25) is 0 Å². The first kappa shape index (κ1) is 15.4. The summed E-state index contributed by atoms with van der Waals surface area (Å²) in [4.78, 5) is 10.3. The van der Waals surface area contributed by atoms with E-state index in [0.29, 0.717) is 6.42 Å². The zero-order valence-corrected chi connectivity index (χ0v) is 10.5. The van der Waals surface area contributed by atoms with Crippen LogP contribution in [-0.4, -0.2) is 22.3 Å². The lowest BCUT2D eigenvalue weighted by atomic mass is 10.0. The summed E-state index contributed by atoms with van der Waals surface area (Å²) in [5.41, 5.74) is 0. The zero-order valence-electron chi connectivity index (χ0n) is 10.5. The summed E-state index contributed by atoms with van der Waals surface area (Å²) in [6, 6.07) is 0. The smallest absolute Gasteiger partial charge is 0.305 e. The van der Waals surface area contributed by atoms with Gasteiger partial charge in [0.15, 0.2) is 0 Å². The molecule has 0 fully saturated rings. The van der Waals surface area contributed by atoms with Crippen molar-refractivity contribution in [2.24, 2.45) is 0 Å². The van der Waals surface area contributed by atoms with E-state index in [2.05, 4.69) is 6.92 Å². The molecule has 3 nitrogen and oxygen atoms in total. The normalized spacial score (nSPS) is 12.6. The van der Waals surface area contributed by atoms with Crippen molar-refractivity contribution < 1.29 is 15.0 Å². The summed E-state index contributed by atoms with van der Waals surface area (Å²) >= 11 is 0. The van der Waals surface area contributed by atoms with Crippen molar-refractivity contribution in [1.82, 2.24) is 0 Å². The molecule has 0 saturated heterocycles. The Bertz CT molecular complexity index is 169. The number of carboxylic acid groups (broad SMARTS) is 1. The fourth-order valence-corrected chi connectivity index (χ4v) is 1.82. The third kappa shape index (κ3) is 11.5. The molecule has 0 aromatic rings. The van der Waals surface area contributed by atoms with Crippen LogP contribution < -0.4 is 0 Å². The number of hydrogen-bond acceptors (Lipinski definition) is 2. The topological polar surface area (TPSA) is 57.5 Å². The summed E-state index contributed by atoms with van der Waals surface area (Å²) < 4.78 is 0. The van der Waals surface area contributed by atoms with Crippen LogP contribution in [0.4, 0.5) is 0 Å². The Hall–Kier alpha value is -0.570. The minimum Gasteiger partial charge on any atom is -0.481 e. The largest absolute Gasteiger partial charge is 0.481 e. The number of unbranched alkanes of at least 4 members (excludes halogenated alkanes) is 7. The van der Waals surface area contributed by atoms with Crippen LogP contribution in [0.3, 0.4) is 0 Å². The SMILES string of the molecule is CCCCCCCCCC[C@H](O)CC(=O)O. The number of hydrogen-bond donors (Lipinski definition) is 2. The van der Waals surface area contributed by atoms with Crippen LogP contribution >= 0.6 is 0 Å². The molecule has 0 aromatic heterocycles. The molecule has 3 heteroatoms. The monoisotopic (exact) mass is 230 g/mol. The third-order valence-corrected chi connectivity index (χ3v) is 2.80. The molecule has 0 radical (unpaired) electrons. The fourth-order valence-electron chi connectivity index (χ4n) is 1.82. The molecule has 0 aliphatic heterocycles. The molecule has 0 aliphatic rings. The van der Waals surface area contributed by atoms with Crippen LogP contribution in [-0.2, 0) is 4.79 Å². The number of carboxylic acids is 1. The number of carbonyl (C=O) groups is 1. The first-order valence-electron chi connectivity index (χ1n) is 6.56. The maximum absolute atomic E-state index is 10.3. The van der Waals surface area contributed by atoms with Crippen molar-refractivity contribution in [3.63, 3.8) is 0 Å². The van der Waals surface area contributed by atoms with Gasteiger partial charge in [0.2, 0.25) is 0 Å². The van der Waals surface area contributed by atoms with Crippen molar-refractivity contribution in [3.8, 4) is 0 Å². The molecule has 0 aliphatic carbocycles. The first-order chi connectivity index (χ1) is 7.66. The van der Waals surface area contributed by atoms with Gasteiger partial charge in [-0.2, -0.15) is 0 Å². The Morgan fingerprint density at radius 2 is 1.50 bits per heavy atom. The van der Waals surface area contributed by atoms with Gasteiger partial charge in [-0.1, -0.05) is 58.3 Å². The van der Waals surface area contributed by atoms with E-state index in [-0.39, 0.29) is 6.42 Å². The Kier molecular flexibility index (Phi) is 10.5. The molecule has 0 bridgehead atoms. The van der Waals surface area contributed by atoms with Gasteiger partial charge in [0.05, 0.1) is 12.5 Å². The van der Waals surface area contributed by atoms with E-state index in [1.807, 2.05) is 0 Å². The molecule has 2 N–H and O–H groups in total. The summed E-state index contributed by atoms with van der Waals surface area (Å²) in [6.45, 7) is 2.21. The van der Waals surface area contributed by atoms with Gasteiger partial charge in [-0.15, -0.1) is 0 Å². The van der Waals surface area contributed by atoms with E-state index in [0.717, 1.165) is 12.8 Å². The molecule has 1 atom stereocenters. The highest BCUT2D eigenvalue weighted by Gasteiger charge is 2.08. The van der Waals surface area contributed by atoms with Crippen molar-refractivity contribution in [2.75, 3.05) is 0 Å².